The van der Waals surface area contributed by atoms with Crippen molar-refractivity contribution in [3.63, 3.8) is 0 Å². The summed E-state index contributed by atoms with van der Waals surface area (Å²) >= 11 is 3.14. The van der Waals surface area contributed by atoms with E-state index in [0.29, 0.717) is 10.3 Å². The van der Waals surface area contributed by atoms with Crippen molar-refractivity contribution in [2.45, 2.75) is 0 Å². The van der Waals surface area contributed by atoms with E-state index >= 15 is 0 Å². The van der Waals surface area contributed by atoms with Gasteiger partial charge < -0.3 is 5.73 Å². The fourth-order valence-electron chi connectivity index (χ4n) is 0.852. The average Bonchev–Trinajstić information content (AvgIpc) is 2.02. The zero-order valence-electron chi connectivity index (χ0n) is 7.27. The van der Waals surface area contributed by atoms with Gasteiger partial charge >= 0.3 is 0 Å². The van der Waals surface area contributed by atoms with Crippen molar-refractivity contribution in [3.05, 3.63) is 22.9 Å². The molecule has 0 spiro atoms. The Hall–Kier alpha value is -0.660. The van der Waals surface area contributed by atoms with Crippen LogP contribution in [0.15, 0.2) is 22.9 Å². The molecule has 0 aromatic carbocycles. The molecule has 1 heterocycles. The molecule has 0 radical (unpaired) electrons. The largest absolute Gasteiger partial charge is 0.329 e. The Bertz CT molecular complexity index is 407. The quantitative estimate of drug-likeness (QED) is 0.788. The molecule has 0 saturated heterocycles. The van der Waals surface area contributed by atoms with E-state index in [-0.39, 0.29) is 12.3 Å². The molecule has 0 unspecified atom stereocenters. The summed E-state index contributed by atoms with van der Waals surface area (Å²) in [5.74, 6) is -0.0903. The molecular weight excluding hydrogens is 270 g/mol. The van der Waals surface area contributed by atoms with Gasteiger partial charge in [-0.3, -0.25) is 4.72 Å². The summed E-state index contributed by atoms with van der Waals surface area (Å²) in [7, 11) is -3.33. The van der Waals surface area contributed by atoms with Crippen molar-refractivity contribution in [3.8, 4) is 0 Å². The number of sulfonamides is 1. The first kappa shape index (κ1) is 11.4. The topological polar surface area (TPSA) is 85.1 Å². The van der Waals surface area contributed by atoms with Gasteiger partial charge in [-0.15, -0.1) is 0 Å². The van der Waals surface area contributed by atoms with Gasteiger partial charge in [-0.2, -0.15) is 0 Å². The lowest BCUT2D eigenvalue weighted by atomic mass is 10.4. The van der Waals surface area contributed by atoms with Crippen LogP contribution < -0.4 is 10.5 Å². The first-order valence-corrected chi connectivity index (χ1v) is 6.30. The minimum absolute atomic E-state index is 0.0903. The fourth-order valence-corrected chi connectivity index (χ4v) is 2.11. The molecule has 5 nitrogen and oxygen atoms in total. The molecular formula is C7H10BrN3O2S. The van der Waals surface area contributed by atoms with Gasteiger partial charge in [0.15, 0.2) is 0 Å². The highest BCUT2D eigenvalue weighted by Gasteiger charge is 2.08. The van der Waals surface area contributed by atoms with Crippen molar-refractivity contribution in [1.82, 2.24) is 4.98 Å². The predicted molar refractivity (Wildman–Crippen MR) is 58.4 cm³/mol. The van der Waals surface area contributed by atoms with Gasteiger partial charge in [0.05, 0.1) is 11.4 Å². The first-order chi connectivity index (χ1) is 6.53. The summed E-state index contributed by atoms with van der Waals surface area (Å²) < 4.78 is 25.5. The van der Waals surface area contributed by atoms with Crippen LogP contribution in [-0.4, -0.2) is 25.7 Å². The summed E-state index contributed by atoms with van der Waals surface area (Å²) in [5.41, 5.74) is 5.63. The summed E-state index contributed by atoms with van der Waals surface area (Å²) in [5, 5.41) is 0. The number of halogens is 1. The number of nitrogens with zero attached hydrogens (tertiary/aromatic N) is 1. The maximum atomic E-state index is 11.3. The highest BCUT2D eigenvalue weighted by molar-refractivity contribution is 9.10. The van der Waals surface area contributed by atoms with E-state index in [4.69, 9.17) is 5.73 Å². The summed E-state index contributed by atoms with van der Waals surface area (Å²) in [4.78, 5) is 3.87. The van der Waals surface area contributed by atoms with Gasteiger partial charge in [0.2, 0.25) is 10.0 Å². The fraction of sp³-hybridized carbons (Fsp3) is 0.286. The number of anilines is 1. The Labute approximate surface area is 90.9 Å². The van der Waals surface area contributed by atoms with E-state index in [0.717, 1.165) is 0 Å². The van der Waals surface area contributed by atoms with Crippen molar-refractivity contribution in [2.75, 3.05) is 17.0 Å². The van der Waals surface area contributed by atoms with Crippen LogP contribution in [0, 0.1) is 0 Å². The number of hydrogen-bond acceptors (Lipinski definition) is 4. The molecule has 0 aliphatic rings. The van der Waals surface area contributed by atoms with Crippen molar-refractivity contribution in [1.29, 1.82) is 0 Å². The van der Waals surface area contributed by atoms with Crippen LogP contribution in [0.4, 0.5) is 5.69 Å². The van der Waals surface area contributed by atoms with Gasteiger partial charge in [0.25, 0.3) is 0 Å². The molecule has 78 valence electrons. The van der Waals surface area contributed by atoms with Gasteiger partial charge in [-0.25, -0.2) is 13.4 Å². The molecule has 1 aromatic rings. The van der Waals surface area contributed by atoms with Crippen molar-refractivity contribution >= 4 is 31.6 Å². The van der Waals surface area contributed by atoms with Gasteiger partial charge in [-0.05, 0) is 28.1 Å². The van der Waals surface area contributed by atoms with Gasteiger partial charge in [0.1, 0.15) is 4.60 Å². The summed E-state index contributed by atoms with van der Waals surface area (Å²) in [6, 6.07) is 3.15. The smallest absolute Gasteiger partial charge is 0.233 e. The van der Waals surface area contributed by atoms with E-state index < -0.39 is 10.0 Å². The monoisotopic (exact) mass is 279 g/mol. The van der Waals surface area contributed by atoms with Crippen LogP contribution in [0.1, 0.15) is 0 Å². The molecule has 1 aromatic heterocycles. The average molecular weight is 280 g/mol. The predicted octanol–water partition coefficient (Wildman–Crippen LogP) is 0.544. The third-order valence-electron chi connectivity index (χ3n) is 1.39. The Morgan fingerprint density at radius 2 is 2.29 bits per heavy atom. The third-order valence-corrected chi connectivity index (χ3v) is 3.14. The van der Waals surface area contributed by atoms with Crippen LogP contribution >= 0.6 is 15.9 Å². The zero-order chi connectivity index (χ0) is 10.6. The molecule has 7 heteroatoms. The second-order valence-corrected chi connectivity index (χ2v) is 5.23. The molecule has 0 aliphatic carbocycles. The highest BCUT2D eigenvalue weighted by atomic mass is 79.9. The Balaban J connectivity index is 2.79. The maximum absolute atomic E-state index is 11.3. The first-order valence-electron chi connectivity index (χ1n) is 3.85. The van der Waals surface area contributed by atoms with E-state index in [1.165, 1.54) is 6.20 Å². The SMILES string of the molecule is NCCS(=O)(=O)Nc1ccnc(Br)c1. The molecule has 0 fully saturated rings. The Morgan fingerprint density at radius 1 is 1.57 bits per heavy atom. The van der Waals surface area contributed by atoms with E-state index in [9.17, 15) is 8.42 Å². The summed E-state index contributed by atoms with van der Waals surface area (Å²) in [6.45, 7) is 0.0988. The molecule has 0 amide bonds. The third kappa shape index (κ3) is 3.60. The van der Waals surface area contributed by atoms with Crippen LogP contribution in [-0.2, 0) is 10.0 Å². The van der Waals surface area contributed by atoms with Crippen LogP contribution in [0.25, 0.3) is 0 Å². The molecule has 1 rings (SSSR count). The second kappa shape index (κ2) is 4.72. The van der Waals surface area contributed by atoms with E-state index in [1.807, 2.05) is 0 Å². The Morgan fingerprint density at radius 3 is 2.86 bits per heavy atom. The number of nitrogens with two attached hydrogens (primary N) is 1. The van der Waals surface area contributed by atoms with Crippen molar-refractivity contribution in [2.24, 2.45) is 5.73 Å². The molecule has 0 saturated carbocycles. The number of aromatic nitrogens is 1. The van der Waals surface area contributed by atoms with Crippen LogP contribution in [0.2, 0.25) is 0 Å². The number of pyridine rings is 1. The molecule has 0 aliphatic heterocycles. The minimum Gasteiger partial charge on any atom is -0.329 e. The van der Waals surface area contributed by atoms with Gasteiger partial charge in [0, 0.05) is 12.7 Å². The number of nitrogens with one attached hydrogen (secondary N) is 1. The zero-order valence-corrected chi connectivity index (χ0v) is 9.68. The standard InChI is InChI=1S/C7H10BrN3O2S/c8-7-5-6(1-3-10-7)11-14(12,13)4-2-9/h1,3,5H,2,4,9H2,(H,10,11). The van der Waals surface area contributed by atoms with E-state index in [1.54, 1.807) is 12.1 Å². The second-order valence-electron chi connectivity index (χ2n) is 2.58. The molecule has 0 atom stereocenters. The summed E-state index contributed by atoms with van der Waals surface area (Å²) in [6.07, 6.45) is 1.50. The lowest BCUT2D eigenvalue weighted by Gasteiger charge is -2.06. The van der Waals surface area contributed by atoms with Gasteiger partial charge in [-0.1, -0.05) is 0 Å². The number of hydrogen-bond donors (Lipinski definition) is 2. The maximum Gasteiger partial charge on any atom is 0.233 e. The van der Waals surface area contributed by atoms with E-state index in [2.05, 4.69) is 25.6 Å². The number of rotatable bonds is 4. The van der Waals surface area contributed by atoms with Crippen molar-refractivity contribution < 1.29 is 8.42 Å². The minimum atomic E-state index is -3.33. The Kier molecular flexibility index (Phi) is 3.85. The highest BCUT2D eigenvalue weighted by Crippen LogP contribution is 2.13. The van der Waals surface area contributed by atoms with Crippen LogP contribution in [0.3, 0.4) is 0 Å². The molecule has 14 heavy (non-hydrogen) atoms. The van der Waals surface area contributed by atoms with Crippen LogP contribution in [0.5, 0.6) is 0 Å². The normalized spacial score (nSPS) is 11.3. The molecule has 3 N–H and O–H groups in total. The molecule has 0 bridgehead atoms. The lowest BCUT2D eigenvalue weighted by Crippen LogP contribution is -2.22. The lowest BCUT2D eigenvalue weighted by molar-refractivity contribution is 0.601.